The highest BCUT2D eigenvalue weighted by molar-refractivity contribution is 8.01. The highest BCUT2D eigenvalue weighted by Crippen LogP contribution is 2.52. The zero-order valence-electron chi connectivity index (χ0n) is 55.9. The Morgan fingerprint density at radius 2 is 0.686 bits per heavy atom. The maximum Gasteiger partial charge on any atom is 0.256 e. The predicted octanol–water partition coefficient (Wildman–Crippen LogP) is 17.4. The minimum atomic E-state index is -0.205. The van der Waals surface area contributed by atoms with Crippen LogP contribution in [0.3, 0.4) is 0 Å². The summed E-state index contributed by atoms with van der Waals surface area (Å²) in [6.45, 7) is -0.473. The van der Waals surface area contributed by atoms with Gasteiger partial charge in [0.05, 0.1) is 39.6 Å². The van der Waals surface area contributed by atoms with E-state index in [4.69, 9.17) is 4.74 Å². The third-order valence-corrected chi connectivity index (χ3v) is 23.8. The fourth-order valence-corrected chi connectivity index (χ4v) is 19.7. The van der Waals surface area contributed by atoms with Gasteiger partial charge in [0, 0.05) is 109 Å². The van der Waals surface area contributed by atoms with Crippen molar-refractivity contribution in [3.05, 3.63) is 309 Å². The average molecular weight is 1360 g/mol. The first-order valence-corrected chi connectivity index (χ1v) is 38.2. The molecule has 482 valence electrons. The molecular weight excluding hydrogens is 1300 g/mol. The molecule has 0 atom stereocenters. The normalized spacial score (nSPS) is 13.4. The van der Waals surface area contributed by atoms with Crippen LogP contribution in [-0.4, -0.2) is 43.5 Å². The Kier molecular flexibility index (Phi) is 13.6. The number of aromatic nitrogens is 1. The summed E-state index contributed by atoms with van der Waals surface area (Å²) < 4.78 is 17.4. The van der Waals surface area contributed by atoms with E-state index >= 15 is 0 Å². The van der Waals surface area contributed by atoms with Crippen LogP contribution in [0.25, 0.3) is 27.5 Å². The van der Waals surface area contributed by atoms with E-state index in [2.05, 4.69) is 366 Å². The van der Waals surface area contributed by atoms with E-state index in [0.29, 0.717) is 0 Å². The first-order valence-electron chi connectivity index (χ1n) is 34.7. The third-order valence-electron chi connectivity index (χ3n) is 21.6. The van der Waals surface area contributed by atoms with Gasteiger partial charge in [-0.05, 0) is 212 Å². The number of ether oxygens (including phenoxy) is 1. The Labute approximate surface area is 606 Å². The molecule has 102 heavy (non-hydrogen) atoms. The van der Waals surface area contributed by atoms with Crippen molar-refractivity contribution in [3.63, 3.8) is 0 Å². The Bertz CT molecular complexity index is 5820. The van der Waals surface area contributed by atoms with Crippen molar-refractivity contribution in [1.82, 2.24) is 4.57 Å². The lowest BCUT2D eigenvalue weighted by atomic mass is 9.29. The highest BCUT2D eigenvalue weighted by atomic mass is 32.2. The molecule has 7 heterocycles. The van der Waals surface area contributed by atoms with Gasteiger partial charge in [0.25, 0.3) is 20.1 Å². The molecule has 6 aliphatic rings. The summed E-state index contributed by atoms with van der Waals surface area (Å²) in [7, 11) is 0. The molecule has 0 spiro atoms. The Morgan fingerprint density at radius 3 is 1.22 bits per heavy atom. The number of para-hydroxylation sites is 9. The lowest BCUT2D eigenvalue weighted by Crippen LogP contribution is -2.65. The SMILES string of the molecule is CSN1c2cc3c(cc2B2c4ccccc4Oc4cc(N(c5ccccc5)c5ccccc5)cc1c42)B1c2cc4c(cc2N(SC)c2cc(N(c5ccccc5)c5ccccc5)cc(c21)N3SC)Nc1cc(N(c2ccccc2)c2ccccc2)cc2c1B4c1cccc3c4ccccc4n-2c13. The van der Waals surface area contributed by atoms with Crippen LogP contribution in [0, 0.1) is 0 Å². The smallest absolute Gasteiger partial charge is 0.256 e. The summed E-state index contributed by atoms with van der Waals surface area (Å²) in [5.74, 6) is 1.73. The van der Waals surface area contributed by atoms with Crippen LogP contribution in [0.2, 0.25) is 0 Å². The zero-order valence-corrected chi connectivity index (χ0v) is 58.4. The van der Waals surface area contributed by atoms with Crippen LogP contribution in [-0.2, 0) is 0 Å². The molecule has 1 aromatic heterocycles. The number of hydrogen-bond acceptors (Lipinski definition) is 11. The van der Waals surface area contributed by atoms with Crippen LogP contribution in [0.1, 0.15) is 0 Å². The van der Waals surface area contributed by atoms with Crippen molar-refractivity contribution >= 4 is 224 Å². The number of hydrogen-bond donors (Lipinski definition) is 1. The van der Waals surface area contributed by atoms with Gasteiger partial charge in [0.15, 0.2) is 0 Å². The van der Waals surface area contributed by atoms with Crippen molar-refractivity contribution < 1.29 is 4.74 Å². The molecular formula is C87H61B3N8OS3. The van der Waals surface area contributed by atoms with Crippen molar-refractivity contribution in [2.45, 2.75) is 0 Å². The monoisotopic (exact) mass is 1360 g/mol. The molecule has 9 nitrogen and oxygen atoms in total. The average Bonchev–Trinajstić information content (AvgIpc) is 1.18. The molecule has 6 aliphatic heterocycles. The number of benzene rings is 14. The van der Waals surface area contributed by atoms with E-state index in [-0.39, 0.29) is 20.1 Å². The van der Waals surface area contributed by atoms with Crippen molar-refractivity contribution in [2.75, 3.05) is 51.7 Å². The summed E-state index contributed by atoms with van der Waals surface area (Å²) in [6, 6.07) is 114. The maximum atomic E-state index is 7.25. The van der Waals surface area contributed by atoms with Crippen LogP contribution >= 0.6 is 35.8 Å². The van der Waals surface area contributed by atoms with Crippen molar-refractivity contribution in [1.29, 1.82) is 0 Å². The van der Waals surface area contributed by atoms with Crippen LogP contribution < -0.4 is 86.8 Å². The molecule has 15 heteroatoms. The van der Waals surface area contributed by atoms with Crippen LogP contribution in [0.15, 0.2) is 309 Å². The van der Waals surface area contributed by atoms with Gasteiger partial charge < -0.3 is 29.3 Å². The van der Waals surface area contributed by atoms with E-state index in [9.17, 15) is 0 Å². The van der Waals surface area contributed by atoms with Gasteiger partial charge in [-0.15, -0.1) is 0 Å². The first-order chi connectivity index (χ1) is 50.5. The predicted molar refractivity (Wildman–Crippen MR) is 441 cm³/mol. The Morgan fingerprint density at radius 1 is 0.284 bits per heavy atom. The number of anilines is 17. The van der Waals surface area contributed by atoms with E-state index in [1.807, 2.05) is 0 Å². The fourth-order valence-electron chi connectivity index (χ4n) is 17.6. The minimum Gasteiger partial charge on any atom is -0.458 e. The first kappa shape index (κ1) is 59.4. The van der Waals surface area contributed by atoms with E-state index in [1.165, 1.54) is 71.2 Å². The minimum absolute atomic E-state index is 0.119. The number of nitrogens with zero attached hydrogens (tertiary/aromatic N) is 7. The van der Waals surface area contributed by atoms with Gasteiger partial charge >= 0.3 is 0 Å². The molecule has 0 fully saturated rings. The Hall–Kier alpha value is -11.5. The maximum absolute atomic E-state index is 7.25. The van der Waals surface area contributed by atoms with Crippen molar-refractivity contribution in [2.24, 2.45) is 0 Å². The zero-order chi connectivity index (χ0) is 67.4. The topological polar surface area (TPSA) is 45.6 Å². The molecule has 0 bridgehead atoms. The molecule has 14 aromatic carbocycles. The lowest BCUT2D eigenvalue weighted by Gasteiger charge is -2.46. The number of rotatable bonds is 12. The van der Waals surface area contributed by atoms with Gasteiger partial charge in [-0.1, -0.05) is 176 Å². The van der Waals surface area contributed by atoms with Gasteiger partial charge in [-0.2, -0.15) is 0 Å². The second-order valence-corrected chi connectivity index (χ2v) is 29.0. The summed E-state index contributed by atoms with van der Waals surface area (Å²) >= 11 is 5.30. The van der Waals surface area contributed by atoms with Crippen LogP contribution in [0.4, 0.5) is 96.7 Å². The standard InChI is InChI=1S/C87H61B3N8OS3/c1-100-96-75-53-72-68(89-67-42-26-40-65-64-39-22-24-43-74(64)95(87(65)67)78-46-61(45-73(91-72)84(78)89)92(55-27-10-4-11-28-55)56-29-12-5-13-30-56)51-69(75)90-71-52-70-76(54-77(71)97(101-2)80-48-62(47-79(96)85(80)90)93(57-31-14-6-15-32-57)58-33-16-7-17-34-58)98(102-3)81-49-63(50-83-86(81)88(70)66-41-23-25-44-82(66)99-83)94(59-35-18-8-19-36-59)60-37-20-9-21-38-60/h4-54,91H,1-3H3. The van der Waals surface area contributed by atoms with Crippen molar-refractivity contribution in [3.8, 4) is 17.2 Å². The second-order valence-electron chi connectivity index (χ2n) is 26.8. The third kappa shape index (κ3) is 8.74. The molecule has 0 saturated heterocycles. The second kappa shape index (κ2) is 23.3. The van der Waals surface area contributed by atoms with Crippen LogP contribution in [0.5, 0.6) is 11.5 Å². The summed E-state index contributed by atoms with van der Waals surface area (Å²) in [4.78, 5) is 7.19. The van der Waals surface area contributed by atoms with Gasteiger partial charge in [-0.3, -0.25) is 12.9 Å². The molecule has 21 rings (SSSR count). The molecule has 0 unspecified atom stereocenters. The molecule has 0 saturated carbocycles. The highest BCUT2D eigenvalue weighted by Gasteiger charge is 2.50. The lowest BCUT2D eigenvalue weighted by molar-refractivity contribution is 0.487. The molecule has 0 amide bonds. The number of nitrogens with one attached hydrogen (secondary N) is 1. The molecule has 0 radical (unpaired) electrons. The fraction of sp³-hybridized carbons (Fsp3) is 0.0345. The van der Waals surface area contributed by atoms with Gasteiger partial charge in [0.1, 0.15) is 11.5 Å². The molecule has 1 N–H and O–H groups in total. The van der Waals surface area contributed by atoms with Gasteiger partial charge in [-0.25, -0.2) is 0 Å². The summed E-state index contributed by atoms with van der Waals surface area (Å²) in [6.07, 6.45) is 6.72. The molecule has 15 aromatic rings. The van der Waals surface area contributed by atoms with E-state index in [1.54, 1.807) is 35.8 Å². The van der Waals surface area contributed by atoms with E-state index in [0.717, 1.165) is 114 Å². The Balaban J connectivity index is 0.827. The quantitative estimate of drug-likeness (QED) is 0.0940. The van der Waals surface area contributed by atoms with E-state index < -0.39 is 0 Å². The largest absolute Gasteiger partial charge is 0.458 e. The van der Waals surface area contributed by atoms with Gasteiger partial charge in [0.2, 0.25) is 0 Å². The summed E-state index contributed by atoms with van der Waals surface area (Å²) in [5, 5.41) is 6.78. The summed E-state index contributed by atoms with van der Waals surface area (Å²) in [5.41, 5.74) is 33.6. The number of fused-ring (bicyclic) bond motifs is 15. The molecule has 0 aliphatic carbocycles.